The molecule has 2 fully saturated rings. The van der Waals surface area contributed by atoms with Crippen LogP contribution in [0, 0.1) is 5.92 Å². The Morgan fingerprint density at radius 2 is 1.81 bits per heavy atom. The lowest BCUT2D eigenvalue weighted by atomic mass is 9.95. The summed E-state index contributed by atoms with van der Waals surface area (Å²) >= 11 is 0. The molecule has 0 saturated heterocycles. The summed E-state index contributed by atoms with van der Waals surface area (Å²) in [6.45, 7) is 4.42. The molecule has 1 amide bonds. The van der Waals surface area contributed by atoms with Crippen molar-refractivity contribution in [2.45, 2.75) is 83.0 Å². The van der Waals surface area contributed by atoms with Crippen molar-refractivity contribution in [2.75, 3.05) is 6.54 Å². The second-order valence-corrected chi connectivity index (χ2v) is 6.78. The van der Waals surface area contributed by atoms with Gasteiger partial charge in [-0.15, -0.1) is 12.4 Å². The van der Waals surface area contributed by atoms with E-state index in [4.69, 9.17) is 10.5 Å². The zero-order chi connectivity index (χ0) is 14.6. The van der Waals surface area contributed by atoms with Crippen molar-refractivity contribution < 1.29 is 9.53 Å². The van der Waals surface area contributed by atoms with Gasteiger partial charge < -0.3 is 15.8 Å². The molecule has 2 rings (SSSR count). The number of rotatable bonds is 6. The van der Waals surface area contributed by atoms with Crippen molar-refractivity contribution in [2.24, 2.45) is 11.7 Å². The number of nitrogens with one attached hydrogen (secondary N) is 1. The minimum Gasteiger partial charge on any atom is -0.365 e. The Balaban J connectivity index is 0.00000220. The average molecular weight is 319 g/mol. The molecular weight excluding hydrogens is 288 g/mol. The first-order chi connectivity index (χ1) is 9.55. The first kappa shape index (κ1) is 18.7. The SMILES string of the molecule is CC(OC1CCCCCC1)C(=O)NC(C)(CN)C1CC1.Cl. The van der Waals surface area contributed by atoms with Crippen LogP contribution >= 0.6 is 12.4 Å². The van der Waals surface area contributed by atoms with Gasteiger partial charge in [0, 0.05) is 6.54 Å². The Hall–Kier alpha value is -0.320. The molecule has 124 valence electrons. The molecule has 2 saturated carbocycles. The summed E-state index contributed by atoms with van der Waals surface area (Å²) in [5, 5.41) is 3.12. The van der Waals surface area contributed by atoms with E-state index in [1.165, 1.54) is 38.5 Å². The first-order valence-corrected chi connectivity index (χ1v) is 8.23. The molecule has 4 nitrogen and oxygen atoms in total. The van der Waals surface area contributed by atoms with Crippen LogP contribution < -0.4 is 11.1 Å². The van der Waals surface area contributed by atoms with E-state index in [1.54, 1.807) is 0 Å². The van der Waals surface area contributed by atoms with Crippen LogP contribution in [0.1, 0.15) is 65.2 Å². The Bertz CT molecular complexity index is 328. The highest BCUT2D eigenvalue weighted by molar-refractivity contribution is 5.85. The van der Waals surface area contributed by atoms with Gasteiger partial charge in [0.05, 0.1) is 11.6 Å². The number of nitrogens with two attached hydrogens (primary N) is 1. The number of carbonyl (C=O) groups is 1. The summed E-state index contributed by atoms with van der Waals surface area (Å²) in [6, 6.07) is 0. The molecule has 2 aliphatic rings. The van der Waals surface area contributed by atoms with Gasteiger partial charge in [-0.05, 0) is 45.4 Å². The molecule has 3 N–H and O–H groups in total. The molecule has 5 heteroatoms. The van der Waals surface area contributed by atoms with Crippen LogP contribution in [-0.4, -0.2) is 30.2 Å². The fourth-order valence-corrected chi connectivity index (χ4v) is 3.15. The maximum atomic E-state index is 12.3. The van der Waals surface area contributed by atoms with Gasteiger partial charge in [0.2, 0.25) is 5.91 Å². The van der Waals surface area contributed by atoms with Gasteiger partial charge in [-0.1, -0.05) is 25.7 Å². The maximum absolute atomic E-state index is 12.3. The van der Waals surface area contributed by atoms with Gasteiger partial charge in [0.1, 0.15) is 6.10 Å². The summed E-state index contributed by atoms with van der Waals surface area (Å²) in [5.74, 6) is 0.538. The van der Waals surface area contributed by atoms with E-state index in [0.717, 1.165) is 12.8 Å². The highest BCUT2D eigenvalue weighted by Gasteiger charge is 2.42. The summed E-state index contributed by atoms with van der Waals surface area (Å²) in [5.41, 5.74) is 5.59. The molecule has 2 unspecified atom stereocenters. The number of amides is 1. The molecule has 0 heterocycles. The highest BCUT2D eigenvalue weighted by atomic mass is 35.5. The van der Waals surface area contributed by atoms with Gasteiger partial charge in [-0.2, -0.15) is 0 Å². The predicted molar refractivity (Wildman–Crippen MR) is 87.6 cm³/mol. The summed E-state index contributed by atoms with van der Waals surface area (Å²) < 4.78 is 5.97. The highest BCUT2D eigenvalue weighted by Crippen LogP contribution is 2.39. The van der Waals surface area contributed by atoms with Crippen molar-refractivity contribution in [3.63, 3.8) is 0 Å². The standard InChI is InChI=1S/C16H30N2O2.ClH/c1-12(20-14-7-5-3-4-6-8-14)15(19)18-16(2,11-17)13-9-10-13;/h12-14H,3-11,17H2,1-2H3,(H,18,19);1H. The number of carbonyl (C=O) groups excluding carboxylic acids is 1. The number of ether oxygens (including phenoxy) is 1. The minimum atomic E-state index is -0.372. The zero-order valence-electron chi connectivity index (χ0n) is 13.4. The number of halogens is 1. The lowest BCUT2D eigenvalue weighted by molar-refractivity contribution is -0.137. The topological polar surface area (TPSA) is 64.3 Å². The molecule has 2 aliphatic carbocycles. The molecule has 0 spiro atoms. The predicted octanol–water partition coefficient (Wildman–Crippen LogP) is 2.78. The van der Waals surface area contributed by atoms with Crippen molar-refractivity contribution in [1.82, 2.24) is 5.32 Å². The molecule has 0 bridgehead atoms. The zero-order valence-corrected chi connectivity index (χ0v) is 14.2. The quantitative estimate of drug-likeness (QED) is 0.740. The van der Waals surface area contributed by atoms with Crippen molar-refractivity contribution >= 4 is 18.3 Å². The lowest BCUT2D eigenvalue weighted by Gasteiger charge is -2.31. The normalized spacial score (nSPS) is 24.3. The van der Waals surface area contributed by atoms with E-state index in [2.05, 4.69) is 12.2 Å². The minimum absolute atomic E-state index is 0. The van der Waals surface area contributed by atoms with E-state index in [-0.39, 0.29) is 36.1 Å². The fraction of sp³-hybridized carbons (Fsp3) is 0.938. The summed E-state index contributed by atoms with van der Waals surface area (Å²) in [4.78, 5) is 12.3. The van der Waals surface area contributed by atoms with Gasteiger partial charge >= 0.3 is 0 Å². The molecule has 21 heavy (non-hydrogen) atoms. The average Bonchev–Trinajstić information content (AvgIpc) is 3.26. The molecule has 0 aromatic heterocycles. The summed E-state index contributed by atoms with van der Waals surface area (Å²) in [6.07, 6.45) is 9.45. The largest absolute Gasteiger partial charge is 0.365 e. The van der Waals surface area contributed by atoms with Crippen LogP contribution in [-0.2, 0) is 9.53 Å². The van der Waals surface area contributed by atoms with Crippen LogP contribution in [0.3, 0.4) is 0 Å². The second kappa shape index (κ2) is 8.35. The van der Waals surface area contributed by atoms with Crippen LogP contribution in [0.15, 0.2) is 0 Å². The second-order valence-electron chi connectivity index (χ2n) is 6.78. The van der Waals surface area contributed by atoms with E-state index in [1.807, 2.05) is 6.92 Å². The molecule has 2 atom stereocenters. The van der Waals surface area contributed by atoms with Gasteiger partial charge in [-0.3, -0.25) is 4.79 Å². The molecule has 0 aromatic rings. The molecular formula is C16H31ClN2O2. The smallest absolute Gasteiger partial charge is 0.249 e. The molecule has 0 radical (unpaired) electrons. The van der Waals surface area contributed by atoms with Crippen molar-refractivity contribution in [1.29, 1.82) is 0 Å². The third-order valence-electron chi connectivity index (χ3n) is 4.88. The maximum Gasteiger partial charge on any atom is 0.249 e. The molecule has 0 aliphatic heterocycles. The Kier molecular flexibility index (Phi) is 7.45. The first-order valence-electron chi connectivity index (χ1n) is 8.23. The van der Waals surface area contributed by atoms with Crippen molar-refractivity contribution in [3.8, 4) is 0 Å². The lowest BCUT2D eigenvalue weighted by Crippen LogP contribution is -2.55. The Labute approximate surface area is 135 Å². The Morgan fingerprint density at radius 3 is 2.29 bits per heavy atom. The van der Waals surface area contributed by atoms with E-state index in [9.17, 15) is 4.79 Å². The summed E-state index contributed by atoms with van der Waals surface area (Å²) in [7, 11) is 0. The van der Waals surface area contributed by atoms with Crippen molar-refractivity contribution in [3.05, 3.63) is 0 Å². The number of hydrogen-bond donors (Lipinski definition) is 2. The van der Waals surface area contributed by atoms with E-state index < -0.39 is 0 Å². The van der Waals surface area contributed by atoms with Gasteiger partial charge in [-0.25, -0.2) is 0 Å². The van der Waals surface area contributed by atoms with Gasteiger partial charge in [0.25, 0.3) is 0 Å². The fourth-order valence-electron chi connectivity index (χ4n) is 3.15. The van der Waals surface area contributed by atoms with E-state index >= 15 is 0 Å². The van der Waals surface area contributed by atoms with Crippen LogP contribution in [0.5, 0.6) is 0 Å². The third-order valence-corrected chi connectivity index (χ3v) is 4.88. The molecule has 0 aromatic carbocycles. The van der Waals surface area contributed by atoms with Crippen LogP contribution in [0.4, 0.5) is 0 Å². The van der Waals surface area contributed by atoms with E-state index in [0.29, 0.717) is 12.5 Å². The number of hydrogen-bond acceptors (Lipinski definition) is 3. The Morgan fingerprint density at radius 1 is 1.24 bits per heavy atom. The third kappa shape index (κ3) is 5.42. The van der Waals surface area contributed by atoms with Crippen LogP contribution in [0.25, 0.3) is 0 Å². The van der Waals surface area contributed by atoms with Gasteiger partial charge in [0.15, 0.2) is 0 Å². The van der Waals surface area contributed by atoms with Crippen LogP contribution in [0.2, 0.25) is 0 Å². The monoisotopic (exact) mass is 318 g/mol.